The van der Waals surface area contributed by atoms with Crippen molar-refractivity contribution in [2.24, 2.45) is 5.92 Å². The van der Waals surface area contributed by atoms with Crippen molar-refractivity contribution in [3.05, 3.63) is 0 Å². The van der Waals surface area contributed by atoms with E-state index in [1.54, 1.807) is 0 Å². The summed E-state index contributed by atoms with van der Waals surface area (Å²) in [7, 11) is 0. The van der Waals surface area contributed by atoms with Gasteiger partial charge in [-0.3, -0.25) is 0 Å². The lowest BCUT2D eigenvalue weighted by Crippen LogP contribution is -2.09. The summed E-state index contributed by atoms with van der Waals surface area (Å²) in [6.07, 6.45) is 1.22. The smallest absolute Gasteiger partial charge is 0.0930 e. The van der Waals surface area contributed by atoms with E-state index in [2.05, 4.69) is 22.9 Å². The summed E-state index contributed by atoms with van der Waals surface area (Å²) in [6, 6.07) is 0. The summed E-state index contributed by atoms with van der Waals surface area (Å²) < 4.78 is 0. The van der Waals surface area contributed by atoms with Gasteiger partial charge < -0.3 is 0 Å². The number of hydrogen-bond donors (Lipinski definition) is 0. The predicted molar refractivity (Wildman–Crippen MR) is 42.3 cm³/mol. The molecule has 0 aromatic heterocycles. The van der Waals surface area contributed by atoms with Crippen molar-refractivity contribution in [2.45, 2.75) is 32.8 Å². The standard InChI is InChI=1S/C7H14BrO/c1-3-7(9)4-6(2)5-8/h6-7H,3-5H2,1-2H3. The van der Waals surface area contributed by atoms with Crippen molar-refractivity contribution in [1.29, 1.82) is 0 Å². The van der Waals surface area contributed by atoms with Gasteiger partial charge in [0.15, 0.2) is 0 Å². The van der Waals surface area contributed by atoms with Gasteiger partial charge in [-0.2, -0.15) is 0 Å². The average molecular weight is 194 g/mol. The fourth-order valence-electron chi connectivity index (χ4n) is 0.678. The zero-order valence-electron chi connectivity index (χ0n) is 6.06. The normalized spacial score (nSPS) is 17.3. The minimum Gasteiger partial charge on any atom is -0.233 e. The molecule has 1 nitrogen and oxygen atoms in total. The first-order valence-corrected chi connectivity index (χ1v) is 4.54. The number of hydrogen-bond acceptors (Lipinski definition) is 0. The van der Waals surface area contributed by atoms with E-state index >= 15 is 0 Å². The Bertz CT molecular complexity index is 57.9. The molecule has 2 atom stereocenters. The Labute approximate surface area is 65.6 Å². The van der Waals surface area contributed by atoms with E-state index in [0.717, 1.165) is 18.2 Å². The van der Waals surface area contributed by atoms with Crippen LogP contribution in [0.2, 0.25) is 0 Å². The van der Waals surface area contributed by atoms with Crippen molar-refractivity contribution in [2.75, 3.05) is 5.33 Å². The molecule has 0 N–H and O–H groups in total. The van der Waals surface area contributed by atoms with E-state index < -0.39 is 0 Å². The zero-order valence-corrected chi connectivity index (χ0v) is 7.65. The fraction of sp³-hybridized carbons (Fsp3) is 1.00. The quantitative estimate of drug-likeness (QED) is 0.613. The Morgan fingerprint density at radius 1 is 1.56 bits per heavy atom. The summed E-state index contributed by atoms with van der Waals surface area (Å²) in [5, 5.41) is 11.8. The van der Waals surface area contributed by atoms with Gasteiger partial charge in [0.25, 0.3) is 0 Å². The van der Waals surface area contributed by atoms with E-state index in [9.17, 15) is 5.11 Å². The van der Waals surface area contributed by atoms with E-state index in [-0.39, 0.29) is 6.10 Å². The van der Waals surface area contributed by atoms with E-state index in [0.29, 0.717) is 5.92 Å². The molecule has 0 spiro atoms. The van der Waals surface area contributed by atoms with Gasteiger partial charge in [0.05, 0.1) is 6.10 Å². The molecule has 2 unspecified atom stereocenters. The highest BCUT2D eigenvalue weighted by Crippen LogP contribution is 2.10. The first-order valence-electron chi connectivity index (χ1n) is 3.42. The summed E-state index contributed by atoms with van der Waals surface area (Å²) in [5.41, 5.74) is 0. The first kappa shape index (κ1) is 9.44. The second-order valence-corrected chi connectivity index (χ2v) is 3.17. The van der Waals surface area contributed by atoms with Crippen LogP contribution in [-0.4, -0.2) is 11.4 Å². The summed E-state index contributed by atoms with van der Waals surface area (Å²) in [5.74, 6) is 0.535. The third-order valence-corrected chi connectivity index (χ3v) is 2.49. The van der Waals surface area contributed by atoms with Crippen LogP contribution >= 0.6 is 15.9 Å². The second-order valence-electron chi connectivity index (χ2n) is 2.53. The Morgan fingerprint density at radius 3 is 2.44 bits per heavy atom. The Balaban J connectivity index is 3.22. The predicted octanol–water partition coefficient (Wildman–Crippen LogP) is 2.62. The molecule has 0 aliphatic rings. The van der Waals surface area contributed by atoms with Crippen LogP contribution in [-0.2, 0) is 5.11 Å². The van der Waals surface area contributed by atoms with Gasteiger partial charge in [0.2, 0.25) is 0 Å². The summed E-state index contributed by atoms with van der Waals surface area (Å²) in [4.78, 5) is 0. The van der Waals surface area contributed by atoms with Gasteiger partial charge in [-0.1, -0.05) is 29.8 Å². The van der Waals surface area contributed by atoms with Crippen molar-refractivity contribution in [3.8, 4) is 0 Å². The van der Waals surface area contributed by atoms with Gasteiger partial charge in [-0.05, 0) is 18.8 Å². The molecule has 0 aromatic carbocycles. The molecular weight excluding hydrogens is 180 g/mol. The maximum Gasteiger partial charge on any atom is 0.0930 e. The Hall–Kier alpha value is 0.440. The Morgan fingerprint density at radius 2 is 2.11 bits per heavy atom. The average Bonchev–Trinajstić information content (AvgIpc) is 1.87. The van der Waals surface area contributed by atoms with Gasteiger partial charge in [0.1, 0.15) is 0 Å². The molecule has 9 heavy (non-hydrogen) atoms. The van der Waals surface area contributed by atoms with Crippen LogP contribution in [0.5, 0.6) is 0 Å². The largest absolute Gasteiger partial charge is 0.233 e. The van der Waals surface area contributed by atoms with Gasteiger partial charge in [0, 0.05) is 5.33 Å². The molecular formula is C7H14BrO. The van der Waals surface area contributed by atoms with Gasteiger partial charge in [-0.25, -0.2) is 5.11 Å². The molecule has 0 amide bonds. The maximum absolute atomic E-state index is 10.8. The number of halogens is 1. The van der Waals surface area contributed by atoms with Crippen LogP contribution in [0.1, 0.15) is 26.7 Å². The molecule has 0 bridgehead atoms. The molecule has 0 fully saturated rings. The van der Waals surface area contributed by atoms with Gasteiger partial charge >= 0.3 is 0 Å². The SMILES string of the molecule is CCC([O])CC(C)CBr. The summed E-state index contributed by atoms with van der Waals surface area (Å²) >= 11 is 3.33. The van der Waals surface area contributed by atoms with Crippen LogP contribution in [0.25, 0.3) is 0 Å². The molecule has 0 aliphatic carbocycles. The van der Waals surface area contributed by atoms with Crippen LogP contribution in [0.4, 0.5) is 0 Å². The molecule has 1 radical (unpaired) electrons. The lowest BCUT2D eigenvalue weighted by Gasteiger charge is -2.09. The monoisotopic (exact) mass is 193 g/mol. The van der Waals surface area contributed by atoms with Gasteiger partial charge in [-0.15, -0.1) is 0 Å². The molecule has 0 aromatic rings. The van der Waals surface area contributed by atoms with Crippen molar-refractivity contribution < 1.29 is 5.11 Å². The van der Waals surface area contributed by atoms with Crippen LogP contribution < -0.4 is 0 Å². The van der Waals surface area contributed by atoms with Crippen LogP contribution in [0.3, 0.4) is 0 Å². The molecule has 0 rings (SSSR count). The minimum atomic E-state index is -0.349. The molecule has 0 heterocycles. The molecule has 2 heteroatoms. The highest BCUT2D eigenvalue weighted by molar-refractivity contribution is 9.09. The molecule has 0 saturated carbocycles. The topological polar surface area (TPSA) is 19.9 Å². The first-order chi connectivity index (χ1) is 4.20. The highest BCUT2D eigenvalue weighted by Gasteiger charge is 2.07. The van der Waals surface area contributed by atoms with Crippen molar-refractivity contribution in [3.63, 3.8) is 0 Å². The molecule has 55 valence electrons. The third kappa shape index (κ3) is 4.91. The lowest BCUT2D eigenvalue weighted by atomic mass is 10.0. The Kier molecular flexibility index (Phi) is 5.50. The lowest BCUT2D eigenvalue weighted by molar-refractivity contribution is 0.0678. The van der Waals surface area contributed by atoms with E-state index in [1.807, 2.05) is 6.92 Å². The summed E-state index contributed by atoms with van der Waals surface area (Å²) in [6.45, 7) is 4.04. The molecule has 0 saturated heterocycles. The number of alkyl halides is 1. The zero-order chi connectivity index (χ0) is 7.28. The van der Waals surface area contributed by atoms with E-state index in [4.69, 9.17) is 0 Å². The van der Waals surface area contributed by atoms with Crippen LogP contribution in [0, 0.1) is 5.92 Å². The fourth-order valence-corrected chi connectivity index (χ4v) is 0.943. The third-order valence-electron chi connectivity index (χ3n) is 1.38. The maximum atomic E-state index is 10.8. The molecule has 0 aliphatic heterocycles. The van der Waals surface area contributed by atoms with Crippen LogP contribution in [0.15, 0.2) is 0 Å². The second kappa shape index (κ2) is 5.24. The minimum absolute atomic E-state index is 0.349. The van der Waals surface area contributed by atoms with Crippen molar-refractivity contribution in [1.82, 2.24) is 0 Å². The van der Waals surface area contributed by atoms with E-state index in [1.165, 1.54) is 0 Å². The van der Waals surface area contributed by atoms with Crippen molar-refractivity contribution >= 4 is 15.9 Å². The highest BCUT2D eigenvalue weighted by atomic mass is 79.9. The number of rotatable bonds is 4.